The molecule has 2 N–H and O–H groups in total. The number of hydrogen-bond donors (Lipinski definition) is 1. The predicted molar refractivity (Wildman–Crippen MR) is 88.1 cm³/mol. The van der Waals surface area contributed by atoms with Crippen molar-refractivity contribution >= 4 is 18.3 Å². The normalized spacial score (nSPS) is 20.8. The average molecular weight is 309 g/mol. The smallest absolute Gasteiger partial charge is 0.254 e. The summed E-state index contributed by atoms with van der Waals surface area (Å²) in [5, 5.41) is 0. The van der Waals surface area contributed by atoms with E-state index in [1.165, 1.54) is 30.4 Å². The fraction of sp³-hybridized carbons (Fsp3) is 0.588. The third kappa shape index (κ3) is 3.41. The maximum atomic E-state index is 12.8. The van der Waals surface area contributed by atoms with E-state index in [0.717, 1.165) is 37.8 Å². The first-order valence-electron chi connectivity index (χ1n) is 7.92. The highest BCUT2D eigenvalue weighted by Crippen LogP contribution is 2.26. The van der Waals surface area contributed by atoms with E-state index in [4.69, 9.17) is 5.73 Å². The lowest BCUT2D eigenvalue weighted by Crippen LogP contribution is -2.44. The molecule has 21 heavy (non-hydrogen) atoms. The van der Waals surface area contributed by atoms with Crippen LogP contribution in [0.2, 0.25) is 0 Å². The van der Waals surface area contributed by atoms with Crippen LogP contribution >= 0.6 is 12.4 Å². The number of likely N-dealkylation sites (tertiary alicyclic amines) is 1. The minimum Gasteiger partial charge on any atom is -0.336 e. The molecule has 0 bridgehead atoms. The Balaban J connectivity index is 0.00000161. The van der Waals surface area contributed by atoms with Gasteiger partial charge in [-0.2, -0.15) is 0 Å². The molecular formula is C17H25ClN2O. The standard InChI is InChI=1S/C17H24N2O.ClH/c18-10-9-16-6-1-2-11-19(16)17(20)15-8-7-13-4-3-5-14(13)12-15;/h7-8,12,16H,1-6,9-11,18H2;1H. The number of nitrogens with zero attached hydrogens (tertiary/aromatic N) is 1. The number of carbonyl (C=O) groups excluding carboxylic acids is 1. The second kappa shape index (κ2) is 7.28. The topological polar surface area (TPSA) is 46.3 Å². The number of hydrogen-bond acceptors (Lipinski definition) is 2. The molecule has 4 heteroatoms. The minimum absolute atomic E-state index is 0. The van der Waals surface area contributed by atoms with Crippen molar-refractivity contribution in [2.24, 2.45) is 5.73 Å². The molecule has 1 heterocycles. The molecule has 0 spiro atoms. The quantitative estimate of drug-likeness (QED) is 0.933. The molecule has 0 aromatic heterocycles. The summed E-state index contributed by atoms with van der Waals surface area (Å²) in [5.41, 5.74) is 9.37. The van der Waals surface area contributed by atoms with Crippen molar-refractivity contribution in [3.8, 4) is 0 Å². The molecule has 1 atom stereocenters. The van der Waals surface area contributed by atoms with Crippen molar-refractivity contribution in [1.29, 1.82) is 0 Å². The number of benzene rings is 1. The SMILES string of the molecule is Cl.NCCC1CCCCN1C(=O)c1ccc2c(c1)CCC2. The predicted octanol–water partition coefficient (Wildman–Crippen LogP) is 2.94. The molecule has 1 aliphatic heterocycles. The summed E-state index contributed by atoms with van der Waals surface area (Å²) >= 11 is 0. The Hall–Kier alpha value is -1.06. The Morgan fingerprint density at radius 3 is 2.81 bits per heavy atom. The van der Waals surface area contributed by atoms with Crippen molar-refractivity contribution < 1.29 is 4.79 Å². The van der Waals surface area contributed by atoms with Gasteiger partial charge in [0, 0.05) is 18.2 Å². The zero-order valence-electron chi connectivity index (χ0n) is 12.5. The van der Waals surface area contributed by atoms with E-state index >= 15 is 0 Å². The zero-order valence-corrected chi connectivity index (χ0v) is 13.3. The van der Waals surface area contributed by atoms with E-state index in [9.17, 15) is 4.79 Å². The molecule has 0 radical (unpaired) electrons. The number of piperidine rings is 1. The molecule has 1 unspecified atom stereocenters. The van der Waals surface area contributed by atoms with Gasteiger partial charge >= 0.3 is 0 Å². The summed E-state index contributed by atoms with van der Waals surface area (Å²) < 4.78 is 0. The van der Waals surface area contributed by atoms with E-state index in [1.807, 2.05) is 6.07 Å². The van der Waals surface area contributed by atoms with Gasteiger partial charge in [0.05, 0.1) is 0 Å². The second-order valence-electron chi connectivity index (χ2n) is 6.06. The lowest BCUT2D eigenvalue weighted by atomic mass is 9.97. The van der Waals surface area contributed by atoms with Crippen molar-refractivity contribution in [1.82, 2.24) is 4.90 Å². The highest BCUT2D eigenvalue weighted by molar-refractivity contribution is 5.94. The largest absolute Gasteiger partial charge is 0.336 e. The van der Waals surface area contributed by atoms with Gasteiger partial charge in [0.1, 0.15) is 0 Å². The summed E-state index contributed by atoms with van der Waals surface area (Å²) in [6.07, 6.45) is 7.90. The Morgan fingerprint density at radius 1 is 1.19 bits per heavy atom. The maximum absolute atomic E-state index is 12.8. The number of carbonyl (C=O) groups is 1. The molecule has 1 fully saturated rings. The minimum atomic E-state index is 0. The van der Waals surface area contributed by atoms with Crippen LogP contribution in [0.15, 0.2) is 18.2 Å². The van der Waals surface area contributed by atoms with E-state index in [1.54, 1.807) is 0 Å². The third-order valence-electron chi connectivity index (χ3n) is 4.73. The van der Waals surface area contributed by atoms with E-state index in [2.05, 4.69) is 17.0 Å². The fourth-order valence-corrected chi connectivity index (χ4v) is 3.63. The summed E-state index contributed by atoms with van der Waals surface area (Å²) in [7, 11) is 0. The van der Waals surface area contributed by atoms with Crippen molar-refractivity contribution in [2.75, 3.05) is 13.1 Å². The molecule has 0 saturated carbocycles. The maximum Gasteiger partial charge on any atom is 0.254 e. The average Bonchev–Trinajstić information content (AvgIpc) is 2.95. The van der Waals surface area contributed by atoms with Crippen LogP contribution < -0.4 is 5.73 Å². The van der Waals surface area contributed by atoms with Crippen LogP contribution in [-0.2, 0) is 12.8 Å². The van der Waals surface area contributed by atoms with Gasteiger partial charge in [0.2, 0.25) is 0 Å². The van der Waals surface area contributed by atoms with Gasteiger partial charge in [0.15, 0.2) is 0 Å². The van der Waals surface area contributed by atoms with Crippen LogP contribution in [-0.4, -0.2) is 29.9 Å². The molecular weight excluding hydrogens is 284 g/mol. The molecule has 3 nitrogen and oxygen atoms in total. The fourth-order valence-electron chi connectivity index (χ4n) is 3.63. The summed E-state index contributed by atoms with van der Waals surface area (Å²) in [4.78, 5) is 14.8. The first-order chi connectivity index (χ1) is 9.79. The van der Waals surface area contributed by atoms with Gasteiger partial charge < -0.3 is 10.6 Å². The lowest BCUT2D eigenvalue weighted by molar-refractivity contribution is 0.0605. The van der Waals surface area contributed by atoms with Gasteiger partial charge in [0.25, 0.3) is 5.91 Å². The molecule has 1 saturated heterocycles. The van der Waals surface area contributed by atoms with E-state index in [-0.39, 0.29) is 18.3 Å². The van der Waals surface area contributed by atoms with Gasteiger partial charge in [-0.25, -0.2) is 0 Å². The zero-order chi connectivity index (χ0) is 13.9. The van der Waals surface area contributed by atoms with E-state index < -0.39 is 0 Å². The van der Waals surface area contributed by atoms with Crippen LogP contribution in [0.1, 0.15) is 53.6 Å². The van der Waals surface area contributed by atoms with Gasteiger partial charge in [-0.05, 0) is 74.8 Å². The number of nitrogens with two attached hydrogens (primary N) is 1. The first-order valence-corrected chi connectivity index (χ1v) is 7.92. The molecule has 3 rings (SSSR count). The molecule has 116 valence electrons. The van der Waals surface area contributed by atoms with Crippen LogP contribution in [0, 0.1) is 0 Å². The number of rotatable bonds is 3. The number of amides is 1. The summed E-state index contributed by atoms with van der Waals surface area (Å²) in [5.74, 6) is 0.206. The summed E-state index contributed by atoms with van der Waals surface area (Å²) in [6, 6.07) is 6.63. The molecule has 1 amide bonds. The molecule has 2 aliphatic rings. The number of aryl methyl sites for hydroxylation is 2. The highest BCUT2D eigenvalue weighted by Gasteiger charge is 2.27. The Labute approximate surface area is 133 Å². The van der Waals surface area contributed by atoms with Gasteiger partial charge in [-0.3, -0.25) is 4.79 Å². The highest BCUT2D eigenvalue weighted by atomic mass is 35.5. The van der Waals surface area contributed by atoms with Crippen LogP contribution in [0.25, 0.3) is 0 Å². The number of halogens is 1. The molecule has 1 aliphatic carbocycles. The first kappa shape index (κ1) is 16.3. The van der Waals surface area contributed by atoms with Gasteiger partial charge in [-0.15, -0.1) is 12.4 Å². The van der Waals surface area contributed by atoms with Crippen LogP contribution in [0.4, 0.5) is 0 Å². The Kier molecular flexibility index (Phi) is 5.65. The Bertz CT molecular complexity index is 502. The van der Waals surface area contributed by atoms with Crippen LogP contribution in [0.3, 0.4) is 0 Å². The van der Waals surface area contributed by atoms with Crippen LogP contribution in [0.5, 0.6) is 0 Å². The number of fused-ring (bicyclic) bond motifs is 1. The monoisotopic (exact) mass is 308 g/mol. The van der Waals surface area contributed by atoms with Crippen molar-refractivity contribution in [3.05, 3.63) is 34.9 Å². The van der Waals surface area contributed by atoms with Gasteiger partial charge in [-0.1, -0.05) is 6.07 Å². The van der Waals surface area contributed by atoms with Crippen molar-refractivity contribution in [3.63, 3.8) is 0 Å². The second-order valence-corrected chi connectivity index (χ2v) is 6.06. The molecule has 1 aromatic rings. The summed E-state index contributed by atoms with van der Waals surface area (Å²) in [6.45, 7) is 1.55. The van der Waals surface area contributed by atoms with Crippen molar-refractivity contribution in [2.45, 2.75) is 51.0 Å². The molecule has 1 aromatic carbocycles. The third-order valence-corrected chi connectivity index (χ3v) is 4.73. The Morgan fingerprint density at radius 2 is 2.00 bits per heavy atom. The lowest BCUT2D eigenvalue weighted by Gasteiger charge is -2.36. The van der Waals surface area contributed by atoms with E-state index in [0.29, 0.717) is 12.6 Å².